The highest BCUT2D eigenvalue weighted by Gasteiger charge is 2.49. The van der Waals surface area contributed by atoms with Crippen LogP contribution in [0.3, 0.4) is 0 Å². The number of rotatable bonds is 7. The molecular formula is C26H27ClN4O5S. The highest BCUT2D eigenvalue weighted by Crippen LogP contribution is 2.47. The number of methoxy groups -OCH3 is 1. The lowest BCUT2D eigenvalue weighted by atomic mass is 9.84. The Morgan fingerprint density at radius 2 is 1.73 bits per heavy atom. The fourth-order valence-corrected chi connectivity index (χ4v) is 6.11. The summed E-state index contributed by atoms with van der Waals surface area (Å²) < 4.78 is 32.8. The second kappa shape index (κ2) is 10.0. The van der Waals surface area contributed by atoms with Crippen LogP contribution in [0.4, 0.5) is 16.2 Å². The quantitative estimate of drug-likeness (QED) is 0.410. The Kier molecular flexibility index (Phi) is 7.18. The van der Waals surface area contributed by atoms with E-state index in [1.54, 1.807) is 29.2 Å². The molecule has 1 aliphatic heterocycles. The minimum Gasteiger partial charge on any atom is -0.496 e. The first-order valence-electron chi connectivity index (χ1n) is 11.6. The summed E-state index contributed by atoms with van der Waals surface area (Å²) in [7, 11) is -2.68. The maximum atomic E-state index is 13.7. The van der Waals surface area contributed by atoms with Crippen molar-refractivity contribution >= 4 is 44.8 Å². The Balaban J connectivity index is 1.76. The van der Waals surface area contributed by atoms with Crippen molar-refractivity contribution in [3.63, 3.8) is 0 Å². The molecule has 4 N–H and O–H groups in total. The minimum atomic E-state index is -4.14. The topological polar surface area (TPSA) is 131 Å². The van der Waals surface area contributed by atoms with Crippen molar-refractivity contribution in [2.75, 3.05) is 30.8 Å². The molecule has 0 aromatic heterocycles. The molecule has 11 heteroatoms. The van der Waals surface area contributed by atoms with E-state index in [-0.39, 0.29) is 32.1 Å². The van der Waals surface area contributed by atoms with E-state index in [0.717, 1.165) is 0 Å². The van der Waals surface area contributed by atoms with Crippen LogP contribution in [0, 0.1) is 0 Å². The molecule has 9 nitrogen and oxygen atoms in total. The van der Waals surface area contributed by atoms with Crippen LogP contribution >= 0.6 is 11.6 Å². The number of ether oxygens (including phenoxy) is 1. The van der Waals surface area contributed by atoms with E-state index >= 15 is 0 Å². The number of urea groups is 1. The van der Waals surface area contributed by atoms with Gasteiger partial charge < -0.3 is 26.0 Å². The number of carbonyl (C=O) groups is 2. The lowest BCUT2D eigenvalue weighted by Gasteiger charge is -2.25. The van der Waals surface area contributed by atoms with Crippen LogP contribution in [0.2, 0.25) is 5.02 Å². The van der Waals surface area contributed by atoms with Gasteiger partial charge in [-0.05, 0) is 56.3 Å². The van der Waals surface area contributed by atoms with E-state index in [4.69, 9.17) is 22.1 Å². The first-order chi connectivity index (χ1) is 17.6. The number of halogens is 1. The zero-order valence-electron chi connectivity index (χ0n) is 20.5. The van der Waals surface area contributed by atoms with Gasteiger partial charge in [-0.25, -0.2) is 13.2 Å². The normalized spacial score (nSPS) is 16.6. The van der Waals surface area contributed by atoms with E-state index in [1.165, 1.54) is 43.5 Å². The first-order valence-corrected chi connectivity index (χ1v) is 13.4. The van der Waals surface area contributed by atoms with Gasteiger partial charge >= 0.3 is 6.03 Å². The molecule has 0 fully saturated rings. The molecule has 0 spiro atoms. The molecule has 1 atom stereocenters. The minimum absolute atomic E-state index is 0.0427. The largest absolute Gasteiger partial charge is 0.496 e. The maximum absolute atomic E-state index is 13.7. The fourth-order valence-electron chi connectivity index (χ4n) is 4.36. The summed E-state index contributed by atoms with van der Waals surface area (Å²) in [4.78, 5) is 26.9. The van der Waals surface area contributed by atoms with Crippen molar-refractivity contribution in [2.45, 2.75) is 29.2 Å². The molecule has 0 saturated carbocycles. The number of fused-ring (bicyclic) bond motifs is 1. The predicted octanol–water partition coefficient (Wildman–Crippen LogP) is 4.21. The monoisotopic (exact) mass is 542 g/mol. The number of benzene rings is 3. The molecule has 0 aliphatic carbocycles. The third kappa shape index (κ3) is 4.52. The van der Waals surface area contributed by atoms with Crippen LogP contribution in [0.5, 0.6) is 5.75 Å². The summed E-state index contributed by atoms with van der Waals surface area (Å²) in [5.74, 6) is -0.236. The molecule has 3 aromatic carbocycles. The number of hydrogen-bond acceptors (Lipinski definition) is 6. The highest BCUT2D eigenvalue weighted by molar-refractivity contribution is 7.91. The molecule has 0 saturated heterocycles. The molecule has 0 radical (unpaired) electrons. The lowest BCUT2D eigenvalue weighted by Crippen LogP contribution is -2.44. The van der Waals surface area contributed by atoms with Crippen molar-refractivity contribution in [2.24, 2.45) is 5.73 Å². The standard InChI is InChI=1S/C26H27ClN4O5S/c1-4-31(5-2)25(33)29-17-10-12-18(13-11-17)37(34,35)22-15-16(27)14-20-23(22)30-24(32)26(20,28)19-8-6-7-9-21(19)36-3/h6-15H,4-5,28H2,1-3H3,(H,29,33)(H,30,32). The smallest absolute Gasteiger partial charge is 0.321 e. The predicted molar refractivity (Wildman–Crippen MR) is 142 cm³/mol. The number of hydrogen-bond donors (Lipinski definition) is 3. The molecule has 4 rings (SSSR count). The van der Waals surface area contributed by atoms with Gasteiger partial charge in [0.2, 0.25) is 9.84 Å². The zero-order valence-corrected chi connectivity index (χ0v) is 22.1. The highest BCUT2D eigenvalue weighted by atomic mass is 35.5. The summed E-state index contributed by atoms with van der Waals surface area (Å²) in [6.45, 7) is 4.81. The summed E-state index contributed by atoms with van der Waals surface area (Å²) in [5, 5.41) is 5.50. The van der Waals surface area contributed by atoms with Gasteiger partial charge in [0, 0.05) is 34.9 Å². The van der Waals surface area contributed by atoms with Gasteiger partial charge in [-0.2, -0.15) is 0 Å². The Labute approximate surface area is 220 Å². The maximum Gasteiger partial charge on any atom is 0.321 e. The molecule has 1 heterocycles. The average Bonchev–Trinajstić information content (AvgIpc) is 3.14. The van der Waals surface area contributed by atoms with Gasteiger partial charge in [0.15, 0.2) is 5.54 Å². The summed E-state index contributed by atoms with van der Waals surface area (Å²) >= 11 is 6.36. The average molecular weight is 543 g/mol. The van der Waals surface area contributed by atoms with Gasteiger partial charge in [-0.1, -0.05) is 29.8 Å². The summed E-state index contributed by atoms with van der Waals surface area (Å²) in [5.41, 5.74) is 6.02. The van der Waals surface area contributed by atoms with Gasteiger partial charge in [-0.15, -0.1) is 0 Å². The molecule has 37 heavy (non-hydrogen) atoms. The number of nitrogens with zero attached hydrogens (tertiary/aromatic N) is 1. The first kappa shape index (κ1) is 26.5. The van der Waals surface area contributed by atoms with E-state index < -0.39 is 21.3 Å². The van der Waals surface area contributed by atoms with Crippen molar-refractivity contribution in [1.82, 2.24) is 4.90 Å². The van der Waals surface area contributed by atoms with Crippen molar-refractivity contribution in [3.05, 3.63) is 76.8 Å². The Hall–Kier alpha value is -3.60. The number of anilines is 2. The third-order valence-electron chi connectivity index (χ3n) is 6.38. The van der Waals surface area contributed by atoms with E-state index in [0.29, 0.717) is 30.1 Å². The van der Waals surface area contributed by atoms with Crippen LogP contribution in [-0.4, -0.2) is 45.5 Å². The third-order valence-corrected chi connectivity index (χ3v) is 8.39. The fraction of sp³-hybridized carbons (Fsp3) is 0.231. The van der Waals surface area contributed by atoms with Crippen molar-refractivity contribution in [1.29, 1.82) is 0 Å². The van der Waals surface area contributed by atoms with Crippen LogP contribution in [0.1, 0.15) is 25.0 Å². The number of sulfone groups is 1. The molecule has 194 valence electrons. The number of para-hydroxylation sites is 1. The van der Waals surface area contributed by atoms with E-state index in [9.17, 15) is 18.0 Å². The van der Waals surface area contributed by atoms with Gasteiger partial charge in [0.1, 0.15) is 5.75 Å². The number of nitrogens with two attached hydrogens (primary N) is 1. The Morgan fingerprint density at radius 1 is 1.08 bits per heavy atom. The molecule has 3 amide bonds. The SMILES string of the molecule is CCN(CC)C(=O)Nc1ccc(S(=O)(=O)c2cc(Cl)cc3c2NC(=O)C3(N)c2ccccc2OC)cc1. The molecule has 1 aliphatic rings. The van der Waals surface area contributed by atoms with E-state index in [2.05, 4.69) is 10.6 Å². The van der Waals surface area contributed by atoms with Crippen LogP contribution in [0.25, 0.3) is 0 Å². The van der Waals surface area contributed by atoms with Gasteiger partial charge in [-0.3, -0.25) is 4.79 Å². The van der Waals surface area contributed by atoms with Crippen LogP contribution in [0.15, 0.2) is 70.5 Å². The second-order valence-electron chi connectivity index (χ2n) is 8.42. The number of amides is 3. The van der Waals surface area contributed by atoms with Crippen molar-refractivity contribution in [3.8, 4) is 5.75 Å². The van der Waals surface area contributed by atoms with Crippen LogP contribution in [-0.2, 0) is 20.2 Å². The molecule has 0 bridgehead atoms. The molecular weight excluding hydrogens is 516 g/mol. The Bertz CT molecular complexity index is 1470. The van der Waals surface area contributed by atoms with Gasteiger partial charge in [0.25, 0.3) is 5.91 Å². The molecule has 3 aromatic rings. The molecule has 1 unspecified atom stereocenters. The Morgan fingerprint density at radius 3 is 2.35 bits per heavy atom. The summed E-state index contributed by atoms with van der Waals surface area (Å²) in [6.07, 6.45) is 0. The van der Waals surface area contributed by atoms with Crippen molar-refractivity contribution < 1.29 is 22.7 Å². The lowest BCUT2D eigenvalue weighted by molar-refractivity contribution is -0.119. The number of carbonyl (C=O) groups excluding carboxylic acids is 2. The summed E-state index contributed by atoms with van der Waals surface area (Å²) in [6, 6.07) is 15.0. The second-order valence-corrected chi connectivity index (χ2v) is 10.8. The number of nitrogens with one attached hydrogen (secondary N) is 2. The van der Waals surface area contributed by atoms with Crippen LogP contribution < -0.4 is 21.1 Å². The van der Waals surface area contributed by atoms with Gasteiger partial charge in [0.05, 0.1) is 22.6 Å². The van der Waals surface area contributed by atoms with E-state index in [1.807, 2.05) is 13.8 Å². The zero-order chi connectivity index (χ0) is 27.0.